The van der Waals surface area contributed by atoms with E-state index in [-0.39, 0.29) is 60.1 Å². The predicted molar refractivity (Wildman–Crippen MR) is 281 cm³/mol. The lowest BCUT2D eigenvalue weighted by Crippen LogP contribution is -2.58. The van der Waals surface area contributed by atoms with E-state index in [1.807, 2.05) is 71.1 Å². The maximum Gasteiger partial charge on any atom is 0.355 e. The van der Waals surface area contributed by atoms with Crippen LogP contribution < -0.4 is 26.2 Å². The Kier molecular flexibility index (Phi) is 12.5. The summed E-state index contributed by atoms with van der Waals surface area (Å²) in [6.07, 6.45) is 8.04. The second-order valence-electron chi connectivity index (χ2n) is 21.4. The predicted octanol–water partition coefficient (Wildman–Crippen LogP) is 6.61. The van der Waals surface area contributed by atoms with Crippen LogP contribution in [0.4, 0.5) is 16.6 Å². The number of rotatable bonds is 16. The van der Waals surface area contributed by atoms with Crippen LogP contribution in [0.3, 0.4) is 0 Å². The Labute approximate surface area is 440 Å². The molecule has 3 atom stereocenters. The number of thiazole rings is 1. The number of aromatic nitrogens is 4. The minimum atomic E-state index is -1.15. The van der Waals surface area contributed by atoms with Gasteiger partial charge in [0.2, 0.25) is 17.7 Å². The number of amides is 6. The van der Waals surface area contributed by atoms with E-state index in [1.165, 1.54) is 11.3 Å². The fraction of sp³-hybridized carbons (Fsp3) is 0.393. The van der Waals surface area contributed by atoms with Crippen molar-refractivity contribution >= 4 is 79.6 Å². The van der Waals surface area contributed by atoms with Gasteiger partial charge in [0.15, 0.2) is 10.8 Å². The van der Waals surface area contributed by atoms with Crippen molar-refractivity contribution in [2.45, 2.75) is 83.8 Å². The molecule has 5 N–H and O–H groups in total. The minimum absolute atomic E-state index is 0.0386. The van der Waals surface area contributed by atoms with Crippen LogP contribution >= 0.6 is 11.3 Å². The molecule has 3 aliphatic heterocycles. The van der Waals surface area contributed by atoms with E-state index in [4.69, 9.17) is 14.8 Å². The minimum Gasteiger partial charge on any atom is -0.476 e. The maximum absolute atomic E-state index is 14.2. The van der Waals surface area contributed by atoms with Crippen molar-refractivity contribution in [3.05, 3.63) is 118 Å². The van der Waals surface area contributed by atoms with Crippen molar-refractivity contribution in [1.29, 1.82) is 0 Å². The molecule has 3 aromatic heterocycles. The molecular formula is C56H56N10O9S. The Bertz CT molecular complexity index is 3380. The second kappa shape index (κ2) is 19.4. The zero-order chi connectivity index (χ0) is 52.5. The summed E-state index contributed by atoms with van der Waals surface area (Å²) in [4.78, 5) is 104. The van der Waals surface area contributed by atoms with Gasteiger partial charge in [0.1, 0.15) is 11.9 Å². The molecule has 1 saturated heterocycles. The summed E-state index contributed by atoms with van der Waals surface area (Å²) in [5, 5.41) is 27.6. The van der Waals surface area contributed by atoms with Crippen LogP contribution in [0.2, 0.25) is 0 Å². The van der Waals surface area contributed by atoms with Gasteiger partial charge in [-0.05, 0) is 129 Å². The summed E-state index contributed by atoms with van der Waals surface area (Å²) in [6, 6.07) is 21.0. The molecular weight excluding hydrogens is 989 g/mol. The summed E-state index contributed by atoms with van der Waals surface area (Å²) >= 11 is 1.42. The number of nitrogens with one attached hydrogen (secondary N) is 4. The van der Waals surface area contributed by atoms with Gasteiger partial charge in [-0.15, -0.1) is 0 Å². The number of anilines is 3. The number of carbonyl (C=O) groups excluding carboxylic acids is 6. The number of hydrogen-bond donors (Lipinski definition) is 5. The Balaban J connectivity index is 0.666. The van der Waals surface area contributed by atoms with Crippen molar-refractivity contribution in [3.63, 3.8) is 0 Å². The van der Waals surface area contributed by atoms with Gasteiger partial charge in [-0.3, -0.25) is 49.0 Å². The summed E-state index contributed by atoms with van der Waals surface area (Å²) in [7, 11) is 0. The Morgan fingerprint density at radius 2 is 1.67 bits per heavy atom. The van der Waals surface area contributed by atoms with Crippen molar-refractivity contribution in [1.82, 2.24) is 35.3 Å². The molecule has 0 unspecified atom stereocenters. The first-order chi connectivity index (χ1) is 36.7. The molecule has 0 spiro atoms. The molecule has 5 fully saturated rings. The third kappa shape index (κ3) is 8.85. The number of nitrogens with zero attached hydrogens (tertiary/aromatic N) is 6. The number of carboxylic acid groups (broad SMARTS) is 1. The third-order valence-corrected chi connectivity index (χ3v) is 17.5. The van der Waals surface area contributed by atoms with Crippen LogP contribution in [0.5, 0.6) is 0 Å². The van der Waals surface area contributed by atoms with Crippen molar-refractivity contribution < 1.29 is 43.4 Å². The van der Waals surface area contributed by atoms with E-state index in [1.54, 1.807) is 24.4 Å². The first-order valence-corrected chi connectivity index (χ1v) is 26.8. The topological polar surface area (TPSA) is 247 Å². The van der Waals surface area contributed by atoms with Gasteiger partial charge in [-0.1, -0.05) is 41.7 Å². The van der Waals surface area contributed by atoms with Crippen LogP contribution in [0.15, 0.2) is 79.0 Å². The van der Waals surface area contributed by atoms with Gasteiger partial charge in [0.05, 0.1) is 46.2 Å². The molecule has 7 aliphatic rings. The van der Waals surface area contributed by atoms with Crippen LogP contribution in [0, 0.1) is 29.6 Å². The second-order valence-corrected chi connectivity index (χ2v) is 22.5. The van der Waals surface area contributed by atoms with Gasteiger partial charge in [0, 0.05) is 67.2 Å². The molecule has 19 nitrogen and oxygen atoms in total. The van der Waals surface area contributed by atoms with E-state index in [0.717, 1.165) is 70.5 Å². The lowest BCUT2D eigenvalue weighted by Gasteiger charge is -2.61. The molecule has 390 valence electrons. The molecule has 6 aromatic rings. The van der Waals surface area contributed by atoms with Crippen molar-refractivity contribution in [3.8, 4) is 11.1 Å². The number of para-hydroxylation sites is 1. The van der Waals surface area contributed by atoms with Crippen LogP contribution in [0.25, 0.3) is 21.3 Å². The molecule has 76 heavy (non-hydrogen) atoms. The van der Waals surface area contributed by atoms with E-state index < -0.39 is 41.1 Å². The first-order valence-electron chi connectivity index (χ1n) is 26.0. The van der Waals surface area contributed by atoms with Crippen molar-refractivity contribution in [2.75, 3.05) is 48.4 Å². The molecule has 6 amide bonds. The number of piperidine rings is 1. The monoisotopic (exact) mass is 1040 g/mol. The van der Waals surface area contributed by atoms with Crippen LogP contribution in [-0.4, -0.2) is 110 Å². The third-order valence-electron chi connectivity index (χ3n) is 16.5. The van der Waals surface area contributed by atoms with Crippen molar-refractivity contribution in [2.24, 2.45) is 22.7 Å². The maximum atomic E-state index is 14.2. The van der Waals surface area contributed by atoms with Gasteiger partial charge in [-0.2, -0.15) is 5.10 Å². The lowest BCUT2D eigenvalue weighted by atomic mass is 9.44. The molecule has 4 saturated carbocycles. The average molecular weight is 1050 g/mol. The highest BCUT2D eigenvalue weighted by Gasteiger charge is 2.60. The Hall–Kier alpha value is -7.84. The Morgan fingerprint density at radius 3 is 2.47 bits per heavy atom. The van der Waals surface area contributed by atoms with Crippen LogP contribution in [0.1, 0.15) is 110 Å². The molecule has 4 aliphatic carbocycles. The summed E-state index contributed by atoms with van der Waals surface area (Å²) in [5.74, 6) is -2.27. The van der Waals surface area contributed by atoms with E-state index in [0.29, 0.717) is 84.3 Å². The fourth-order valence-corrected chi connectivity index (χ4v) is 14.5. The number of ether oxygens (including phenoxy) is 1. The largest absolute Gasteiger partial charge is 0.476 e. The summed E-state index contributed by atoms with van der Waals surface area (Å²) in [6.45, 7) is 4.74. The summed E-state index contributed by atoms with van der Waals surface area (Å²) in [5.41, 5.74) is 5.37. The highest BCUT2D eigenvalue weighted by atomic mass is 32.1. The standard InChI is InChI=1S/C56H56N10O9S/c1-31-38(35-12-14-44(61-47(35)52(72)73)64-19-16-34-6-4-7-36(39(34)28-64)48(68)63-54-60-40-9-2-3-11-43(40)76-54)27-59-65(31)30-55-23-32-22-33(24-55)26-56(25-32,29-55)53(74)58-18-21-75-20-17-57-41-10-5-8-37-46(41)51(71)66(50(37)70)42-13-15-45(67)62-49(42)69/h2-12,14,27,32-33,42,57H,13,15-26,28-30H2,1H3,(H,58,74)(H,72,73)(H,60,63,68)(H,62,67,69)/t32-,33-,42-,55?,56?/m1/s1. The zero-order valence-corrected chi connectivity index (χ0v) is 42.7. The number of benzene rings is 3. The van der Waals surface area contributed by atoms with E-state index in [9.17, 15) is 38.7 Å². The van der Waals surface area contributed by atoms with Gasteiger partial charge in [-0.25, -0.2) is 14.8 Å². The fourth-order valence-electron chi connectivity index (χ4n) is 13.6. The summed E-state index contributed by atoms with van der Waals surface area (Å²) < 4.78 is 8.87. The molecule has 4 bridgehead atoms. The molecule has 20 heteroatoms. The van der Waals surface area contributed by atoms with E-state index in [2.05, 4.69) is 26.3 Å². The quantitative estimate of drug-likeness (QED) is 0.0506. The number of aromatic carboxylic acids is 1. The van der Waals surface area contributed by atoms with Gasteiger partial charge < -0.3 is 25.4 Å². The van der Waals surface area contributed by atoms with Crippen LogP contribution in [-0.2, 0) is 38.6 Å². The van der Waals surface area contributed by atoms with E-state index >= 15 is 0 Å². The molecule has 6 heterocycles. The Morgan fingerprint density at radius 1 is 0.868 bits per heavy atom. The number of fused-ring (bicyclic) bond motifs is 3. The SMILES string of the molecule is Cc1c(-c2ccc(N3CCc4cccc(C(=O)Nc5nc6ccccc6s5)c4C3)nc2C(=O)O)cnn1CC12C[C@H]3C[C@H](C1)CC(C(=O)NCCOCCNc1cccc4c1C(=O)N([C@@H]1CCC(=O)NC1=O)C4=O)(C3)C2. The number of imide groups is 2. The van der Waals surface area contributed by atoms with Gasteiger partial charge >= 0.3 is 5.97 Å². The number of carbonyl (C=O) groups is 7. The molecule has 0 radical (unpaired) electrons. The first kappa shape index (κ1) is 49.1. The normalized spacial score (nSPS) is 23.4. The van der Waals surface area contributed by atoms with Gasteiger partial charge in [0.25, 0.3) is 17.7 Å². The average Bonchev–Trinajstić information content (AvgIpc) is 4.18. The lowest BCUT2D eigenvalue weighted by molar-refractivity contribution is -0.159. The number of pyridine rings is 1. The highest BCUT2D eigenvalue weighted by Crippen LogP contribution is 2.66. The number of hydrogen-bond acceptors (Lipinski definition) is 14. The zero-order valence-electron chi connectivity index (χ0n) is 41.9. The smallest absolute Gasteiger partial charge is 0.355 e. The molecule has 3 aromatic carbocycles. The highest BCUT2D eigenvalue weighted by molar-refractivity contribution is 7.22. The number of carboxylic acids is 1. The molecule has 13 rings (SSSR count).